The van der Waals surface area contributed by atoms with Crippen molar-refractivity contribution in [3.05, 3.63) is 64.1 Å². The molecule has 3 rings (SSSR count). The van der Waals surface area contributed by atoms with Crippen molar-refractivity contribution in [3.63, 3.8) is 0 Å². The number of aryl methyl sites for hydroxylation is 1. The molecular formula is C16H11Cl2N. The van der Waals surface area contributed by atoms with Crippen molar-refractivity contribution in [1.29, 1.82) is 0 Å². The molecule has 0 amide bonds. The molecule has 0 fully saturated rings. The zero-order valence-corrected chi connectivity index (χ0v) is 11.8. The van der Waals surface area contributed by atoms with Gasteiger partial charge in [-0.1, -0.05) is 59.1 Å². The van der Waals surface area contributed by atoms with Gasteiger partial charge in [-0.05, 0) is 25.1 Å². The maximum atomic E-state index is 6.32. The molecule has 0 saturated carbocycles. The molecule has 0 unspecified atom stereocenters. The van der Waals surface area contributed by atoms with E-state index in [9.17, 15) is 0 Å². The largest absolute Gasteiger partial charge is 0.248 e. The average Bonchev–Trinajstić information content (AvgIpc) is 2.39. The Morgan fingerprint density at radius 2 is 1.63 bits per heavy atom. The Hall–Kier alpha value is -1.57. The highest BCUT2D eigenvalue weighted by Crippen LogP contribution is 2.32. The van der Waals surface area contributed by atoms with Crippen molar-refractivity contribution in [3.8, 4) is 11.3 Å². The van der Waals surface area contributed by atoms with Crippen LogP contribution in [-0.4, -0.2) is 4.98 Å². The molecule has 0 radical (unpaired) electrons. The minimum atomic E-state index is 0.630. The van der Waals surface area contributed by atoms with Crippen molar-refractivity contribution < 1.29 is 0 Å². The molecular weight excluding hydrogens is 277 g/mol. The lowest BCUT2D eigenvalue weighted by Gasteiger charge is -2.07. The van der Waals surface area contributed by atoms with E-state index in [1.54, 1.807) is 0 Å². The molecule has 19 heavy (non-hydrogen) atoms. The van der Waals surface area contributed by atoms with Gasteiger partial charge in [-0.15, -0.1) is 0 Å². The van der Waals surface area contributed by atoms with Gasteiger partial charge >= 0.3 is 0 Å². The normalized spacial score (nSPS) is 10.9. The fraction of sp³-hybridized carbons (Fsp3) is 0.0625. The fourth-order valence-electron chi connectivity index (χ4n) is 2.07. The molecule has 94 valence electrons. The molecule has 0 saturated heterocycles. The summed E-state index contributed by atoms with van der Waals surface area (Å²) in [5.74, 6) is 0. The molecule has 1 aromatic heterocycles. The Bertz CT molecular complexity index is 749. The molecule has 1 nitrogen and oxygen atoms in total. The third-order valence-electron chi connectivity index (χ3n) is 3.08. The summed E-state index contributed by atoms with van der Waals surface area (Å²) in [5, 5.41) is 2.07. The van der Waals surface area contributed by atoms with Crippen LogP contribution in [0.2, 0.25) is 10.0 Å². The van der Waals surface area contributed by atoms with Gasteiger partial charge in [0.15, 0.2) is 0 Å². The van der Waals surface area contributed by atoms with Gasteiger partial charge < -0.3 is 0 Å². The predicted molar refractivity (Wildman–Crippen MR) is 81.9 cm³/mol. The van der Waals surface area contributed by atoms with Crippen molar-refractivity contribution >= 4 is 34.1 Å². The molecule has 0 aliphatic heterocycles. The average molecular weight is 288 g/mol. The topological polar surface area (TPSA) is 12.9 Å². The summed E-state index contributed by atoms with van der Waals surface area (Å²) in [4.78, 5) is 4.63. The smallest absolute Gasteiger partial charge is 0.0739 e. The first-order valence-electron chi connectivity index (χ1n) is 5.97. The van der Waals surface area contributed by atoms with Gasteiger partial charge in [0.05, 0.1) is 21.3 Å². The summed E-state index contributed by atoms with van der Waals surface area (Å²) in [6.45, 7) is 2.06. The standard InChI is InChI=1S/C16H11Cl2N/c1-10-5-7-11(8-6-10)15-9-13(18)16-12(17)3-2-4-14(16)19-15/h2-9H,1H3. The number of nitrogens with zero attached hydrogens (tertiary/aromatic N) is 1. The molecule has 0 aliphatic rings. The van der Waals surface area contributed by atoms with E-state index in [2.05, 4.69) is 24.0 Å². The first-order chi connectivity index (χ1) is 9.15. The van der Waals surface area contributed by atoms with Crippen molar-refractivity contribution in [2.24, 2.45) is 0 Å². The summed E-state index contributed by atoms with van der Waals surface area (Å²) in [6, 6.07) is 15.7. The lowest BCUT2D eigenvalue weighted by atomic mass is 10.1. The van der Waals surface area contributed by atoms with Gasteiger partial charge in [0.2, 0.25) is 0 Å². The van der Waals surface area contributed by atoms with Crippen LogP contribution in [0.4, 0.5) is 0 Å². The Labute approximate surface area is 121 Å². The van der Waals surface area contributed by atoms with Crippen LogP contribution in [0.1, 0.15) is 5.56 Å². The molecule has 0 bridgehead atoms. The monoisotopic (exact) mass is 287 g/mol. The number of aromatic nitrogens is 1. The van der Waals surface area contributed by atoms with Gasteiger partial charge in [0.1, 0.15) is 0 Å². The van der Waals surface area contributed by atoms with Gasteiger partial charge in [0, 0.05) is 10.9 Å². The van der Waals surface area contributed by atoms with Crippen molar-refractivity contribution in [2.45, 2.75) is 6.92 Å². The molecule has 0 atom stereocenters. The molecule has 3 aromatic rings. The molecule has 2 aromatic carbocycles. The van der Waals surface area contributed by atoms with Crippen LogP contribution in [0, 0.1) is 6.92 Å². The fourth-order valence-corrected chi connectivity index (χ4v) is 2.69. The van der Waals surface area contributed by atoms with Gasteiger partial charge in [-0.2, -0.15) is 0 Å². The Morgan fingerprint density at radius 3 is 2.37 bits per heavy atom. The SMILES string of the molecule is Cc1ccc(-c2cc(Cl)c3c(Cl)cccc3n2)cc1. The van der Waals surface area contributed by atoms with Crippen LogP contribution in [0.3, 0.4) is 0 Å². The molecule has 0 aliphatic carbocycles. The van der Waals surface area contributed by atoms with E-state index in [1.807, 2.05) is 36.4 Å². The van der Waals surface area contributed by atoms with E-state index < -0.39 is 0 Å². The van der Waals surface area contributed by atoms with Gasteiger partial charge in [-0.3, -0.25) is 0 Å². The van der Waals surface area contributed by atoms with Crippen LogP contribution in [-0.2, 0) is 0 Å². The van der Waals surface area contributed by atoms with Crippen LogP contribution in [0.25, 0.3) is 22.2 Å². The number of fused-ring (bicyclic) bond motifs is 1. The zero-order valence-electron chi connectivity index (χ0n) is 10.3. The highest BCUT2D eigenvalue weighted by molar-refractivity contribution is 6.42. The van der Waals surface area contributed by atoms with E-state index in [4.69, 9.17) is 23.2 Å². The van der Waals surface area contributed by atoms with E-state index >= 15 is 0 Å². The first kappa shape index (κ1) is 12.5. The lowest BCUT2D eigenvalue weighted by molar-refractivity contribution is 1.38. The van der Waals surface area contributed by atoms with Gasteiger partial charge in [0.25, 0.3) is 0 Å². The third-order valence-corrected chi connectivity index (χ3v) is 3.70. The maximum absolute atomic E-state index is 6.32. The minimum Gasteiger partial charge on any atom is -0.248 e. The van der Waals surface area contributed by atoms with E-state index in [1.165, 1.54) is 5.56 Å². The predicted octanol–water partition coefficient (Wildman–Crippen LogP) is 5.52. The van der Waals surface area contributed by atoms with E-state index in [-0.39, 0.29) is 0 Å². The second kappa shape index (κ2) is 4.84. The van der Waals surface area contributed by atoms with E-state index in [0.717, 1.165) is 22.2 Å². The first-order valence-corrected chi connectivity index (χ1v) is 6.72. The molecule has 0 spiro atoms. The summed E-state index contributed by atoms with van der Waals surface area (Å²) in [7, 11) is 0. The van der Waals surface area contributed by atoms with Crippen molar-refractivity contribution in [1.82, 2.24) is 4.98 Å². The summed E-state index contributed by atoms with van der Waals surface area (Å²) in [6.07, 6.45) is 0. The van der Waals surface area contributed by atoms with Crippen LogP contribution in [0.15, 0.2) is 48.5 Å². The van der Waals surface area contributed by atoms with Gasteiger partial charge in [-0.25, -0.2) is 4.98 Å². The number of rotatable bonds is 1. The molecule has 0 N–H and O–H groups in total. The maximum Gasteiger partial charge on any atom is 0.0739 e. The molecule has 1 heterocycles. The van der Waals surface area contributed by atoms with Crippen LogP contribution >= 0.6 is 23.2 Å². The zero-order chi connectivity index (χ0) is 13.4. The third kappa shape index (κ3) is 2.32. The minimum absolute atomic E-state index is 0.630. The molecule has 3 heteroatoms. The number of hydrogen-bond donors (Lipinski definition) is 0. The van der Waals surface area contributed by atoms with Crippen LogP contribution in [0.5, 0.6) is 0 Å². The second-order valence-electron chi connectivity index (χ2n) is 4.49. The second-order valence-corrected chi connectivity index (χ2v) is 5.30. The number of pyridine rings is 1. The van der Waals surface area contributed by atoms with E-state index in [0.29, 0.717) is 10.0 Å². The summed E-state index contributed by atoms with van der Waals surface area (Å²) < 4.78 is 0. The Morgan fingerprint density at radius 1 is 0.895 bits per heavy atom. The number of halogens is 2. The van der Waals surface area contributed by atoms with Crippen molar-refractivity contribution in [2.75, 3.05) is 0 Å². The summed E-state index contributed by atoms with van der Waals surface area (Å²) in [5.41, 5.74) is 3.95. The Kier molecular flexibility index (Phi) is 3.17. The number of hydrogen-bond acceptors (Lipinski definition) is 1. The van der Waals surface area contributed by atoms with Crippen LogP contribution < -0.4 is 0 Å². The summed E-state index contributed by atoms with van der Waals surface area (Å²) >= 11 is 12.5. The highest BCUT2D eigenvalue weighted by atomic mass is 35.5. The highest BCUT2D eigenvalue weighted by Gasteiger charge is 2.08. The lowest BCUT2D eigenvalue weighted by Crippen LogP contribution is -1.87. The quantitative estimate of drug-likeness (QED) is 0.574. The number of benzene rings is 2. The Balaban J connectivity index is 2.24.